The Kier molecular flexibility index (Phi) is 15.2. The number of carbonyl (C=O) groups excluding carboxylic acids is 3. The number of ether oxygens (including phenoxy) is 3. The van der Waals surface area contributed by atoms with Gasteiger partial charge >= 0.3 is 77.6 Å². The second kappa shape index (κ2) is 17.8. The molecule has 0 saturated heterocycles. The van der Waals surface area contributed by atoms with Crippen molar-refractivity contribution in [2.45, 2.75) is 79.2 Å². The topological polar surface area (TPSA) is 103 Å². The lowest BCUT2D eigenvalue weighted by Gasteiger charge is -2.44. The molecule has 29 heteroatoms. The van der Waals surface area contributed by atoms with Crippen molar-refractivity contribution in [3.8, 4) is 0 Å². The van der Waals surface area contributed by atoms with Gasteiger partial charge < -0.3 is 14.2 Å². The number of hydrogen-bond acceptors (Lipinski definition) is 6. The average Bonchev–Trinajstić information content (AvgIpc) is 3.13. The van der Waals surface area contributed by atoms with E-state index in [0.29, 0.717) is 11.1 Å². The van der Waals surface area contributed by atoms with Crippen LogP contribution in [0.2, 0.25) is 0 Å². The molecular weight excluding hydrogens is 919 g/mol. The van der Waals surface area contributed by atoms with Crippen molar-refractivity contribution >= 4 is 29.5 Å². The van der Waals surface area contributed by atoms with Gasteiger partial charge in [0.15, 0.2) is 0 Å². The summed E-state index contributed by atoms with van der Waals surface area (Å²) in [6.07, 6.45) is -13.8. The first-order valence-corrected chi connectivity index (χ1v) is 16.1. The highest BCUT2D eigenvalue weighted by Gasteiger charge is 2.97. The Morgan fingerprint density at radius 1 is 0.468 bits per heavy atom. The highest BCUT2D eigenvalue weighted by atomic mass is 19.4. The summed E-state index contributed by atoms with van der Waals surface area (Å²) < 4.78 is 298. The molecule has 0 unspecified atom stereocenters. The first-order valence-electron chi connectivity index (χ1n) is 16.1. The smallest absolute Gasteiger partial charge is 0.459 e. The van der Waals surface area contributed by atoms with Crippen LogP contribution in [0, 0.1) is 0 Å². The van der Waals surface area contributed by atoms with Gasteiger partial charge in [0.25, 0.3) is 0 Å². The number of nitrogens with one attached hydrogen (secondary N) is 2. The van der Waals surface area contributed by atoms with Gasteiger partial charge in [-0.2, -0.15) is 92.2 Å². The third kappa shape index (κ3) is 9.99. The van der Waals surface area contributed by atoms with E-state index in [1.165, 1.54) is 43.3 Å². The van der Waals surface area contributed by atoms with E-state index in [1.807, 2.05) is 0 Å². The van der Waals surface area contributed by atoms with Crippen LogP contribution >= 0.6 is 0 Å². The zero-order chi connectivity index (χ0) is 48.3. The van der Waals surface area contributed by atoms with E-state index < -0.39 is 90.7 Å². The van der Waals surface area contributed by atoms with Gasteiger partial charge in [-0.15, -0.1) is 0 Å². The highest BCUT2D eigenvalue weighted by molar-refractivity contribution is 5.87. The van der Waals surface area contributed by atoms with Gasteiger partial charge in [0.2, 0.25) is 0 Å². The van der Waals surface area contributed by atoms with Crippen molar-refractivity contribution in [1.29, 1.82) is 0 Å². The molecule has 0 aliphatic heterocycles. The number of amides is 2. The molecule has 62 heavy (non-hydrogen) atoms. The molecule has 0 radical (unpaired) electrons. The first-order chi connectivity index (χ1) is 27.8. The Hall–Kier alpha value is -5.28. The molecule has 0 heterocycles. The van der Waals surface area contributed by atoms with Crippen LogP contribution in [0.4, 0.5) is 113 Å². The van der Waals surface area contributed by atoms with Gasteiger partial charge in [0.05, 0.1) is 13.0 Å². The van der Waals surface area contributed by atoms with E-state index >= 15 is 0 Å². The lowest BCUT2D eigenvalue weighted by Crippen LogP contribution is -2.76. The van der Waals surface area contributed by atoms with Crippen LogP contribution in [0.1, 0.15) is 24.5 Å². The predicted molar refractivity (Wildman–Crippen MR) is 167 cm³/mol. The molecule has 0 spiro atoms. The fourth-order valence-electron chi connectivity index (χ4n) is 4.37. The van der Waals surface area contributed by atoms with Crippen LogP contribution < -0.4 is 10.6 Å². The maximum absolute atomic E-state index is 14.2. The minimum absolute atomic E-state index is 0.126. The quantitative estimate of drug-likeness (QED) is 0.0478. The van der Waals surface area contributed by atoms with Crippen LogP contribution in [0.3, 0.4) is 0 Å². The second-order valence-electron chi connectivity index (χ2n) is 12.6. The minimum Gasteiger partial charge on any atom is -0.459 e. The monoisotopic (exact) mass is 944 g/mol. The molecule has 0 saturated carbocycles. The Labute approximate surface area is 332 Å². The van der Waals surface area contributed by atoms with E-state index in [2.05, 4.69) is 16.6 Å². The summed E-state index contributed by atoms with van der Waals surface area (Å²) in [6.45, 7) is 2.00. The van der Waals surface area contributed by atoms with Crippen molar-refractivity contribution < 1.29 is 121 Å². The summed E-state index contributed by atoms with van der Waals surface area (Å²) in [4.78, 5) is 35.1. The van der Waals surface area contributed by atoms with E-state index in [1.54, 1.807) is 5.32 Å². The van der Waals surface area contributed by atoms with Crippen molar-refractivity contribution in [2.75, 3.05) is 30.5 Å². The summed E-state index contributed by atoms with van der Waals surface area (Å²) in [5.74, 6) is -78.8. The Bertz CT molecular complexity index is 1920. The summed E-state index contributed by atoms with van der Waals surface area (Å²) >= 11 is 0. The highest BCUT2D eigenvalue weighted by Crippen LogP contribution is 2.66. The molecule has 0 atom stereocenters. The third-order valence-corrected chi connectivity index (χ3v) is 7.93. The van der Waals surface area contributed by atoms with Gasteiger partial charge in [-0.1, -0.05) is 30.8 Å². The Morgan fingerprint density at radius 2 is 0.774 bits per heavy atom. The first kappa shape index (κ1) is 52.9. The molecule has 2 amide bonds. The van der Waals surface area contributed by atoms with Gasteiger partial charge in [0.1, 0.15) is 13.2 Å². The van der Waals surface area contributed by atoms with Crippen molar-refractivity contribution in [2.24, 2.45) is 0 Å². The summed E-state index contributed by atoms with van der Waals surface area (Å²) in [5.41, 5.74) is 1.23. The summed E-state index contributed by atoms with van der Waals surface area (Å²) in [5, 5.41) is 4.15. The maximum Gasteiger partial charge on any atom is 0.460 e. The van der Waals surface area contributed by atoms with Gasteiger partial charge in [-0.25, -0.2) is 14.4 Å². The number of esters is 1. The van der Waals surface area contributed by atoms with Gasteiger partial charge in [0, 0.05) is 16.9 Å². The summed E-state index contributed by atoms with van der Waals surface area (Å²) in [7, 11) is 0. The molecule has 0 bridgehead atoms. The van der Waals surface area contributed by atoms with E-state index in [9.17, 15) is 107 Å². The normalized spacial score (nSPS) is 13.9. The van der Waals surface area contributed by atoms with E-state index in [0.717, 1.165) is 12.1 Å². The number of benzene rings is 2. The molecule has 2 aromatic carbocycles. The number of anilines is 2. The fourth-order valence-corrected chi connectivity index (χ4v) is 4.37. The number of rotatable bonds is 19. The predicted octanol–water partition coefficient (Wildman–Crippen LogP) is 11.2. The van der Waals surface area contributed by atoms with E-state index in [-0.39, 0.29) is 36.6 Å². The Balaban J connectivity index is 2.07. The molecule has 2 aromatic rings. The zero-order valence-corrected chi connectivity index (χ0v) is 30.2. The van der Waals surface area contributed by atoms with Crippen LogP contribution in [0.5, 0.6) is 0 Å². The number of alkyl halides is 21. The summed E-state index contributed by atoms with van der Waals surface area (Å²) in [6, 6.07) is 10.8. The van der Waals surface area contributed by atoms with Crippen molar-refractivity contribution in [3.63, 3.8) is 0 Å². The van der Waals surface area contributed by atoms with Crippen LogP contribution in [0.15, 0.2) is 60.7 Å². The van der Waals surface area contributed by atoms with Gasteiger partial charge in [-0.05, 0) is 48.7 Å². The number of carbonyl (C=O) groups is 3. The molecule has 0 aromatic heterocycles. The SMILES string of the molecule is C=C(C)C(=O)OCCOC(=O)Nc1ccc(Cc2ccc(NC(=O)OCCC(F)(F)C(F)(F)C(F)(F)C(F)(F)C(F)(F)C(F)(F)C(F)(F)C(F)(F)C(F)(F)C(F)(F)F)cc2)cc1. The molecule has 2 rings (SSSR count). The lowest BCUT2D eigenvalue weighted by atomic mass is 9.86. The largest absolute Gasteiger partial charge is 0.460 e. The van der Waals surface area contributed by atoms with Crippen molar-refractivity contribution in [1.82, 2.24) is 0 Å². The van der Waals surface area contributed by atoms with Crippen molar-refractivity contribution in [3.05, 3.63) is 71.8 Å². The van der Waals surface area contributed by atoms with E-state index in [4.69, 9.17) is 9.47 Å². The van der Waals surface area contributed by atoms with Crippen LogP contribution in [-0.4, -0.2) is 97.5 Å². The molecule has 0 aliphatic rings. The molecular formula is C33H25F21N2O6. The minimum atomic E-state index is -9.27. The number of halogens is 21. The fraction of sp³-hybridized carbons (Fsp3) is 0.485. The molecule has 0 fully saturated rings. The lowest BCUT2D eigenvalue weighted by molar-refractivity contribution is -0.474. The number of hydrogen-bond donors (Lipinski definition) is 2. The zero-order valence-electron chi connectivity index (χ0n) is 30.2. The van der Waals surface area contributed by atoms with Crippen LogP contribution in [-0.2, 0) is 25.4 Å². The maximum atomic E-state index is 14.2. The average molecular weight is 945 g/mol. The molecule has 2 N–H and O–H groups in total. The molecule has 0 aliphatic carbocycles. The third-order valence-electron chi connectivity index (χ3n) is 7.93. The molecule has 350 valence electrons. The standard InChI is InChI=1S/C33H25F21N2O6/c1-16(2)21(57)60-13-14-62-23(59)56-20-9-5-18(6-10-20)15-17-3-7-19(8-4-17)55-22(58)61-12-11-24(34,35)25(36,37)26(38,39)27(40,41)28(42,43)29(44,45)30(46,47)31(48,49)32(50,51)33(52,53)54/h3-10H,1,11-15H2,2H3,(H,55,58)(H,56,59). The second-order valence-corrected chi connectivity index (χ2v) is 12.6. The van der Waals surface area contributed by atoms with Crippen LogP contribution in [0.25, 0.3) is 0 Å². The molecule has 8 nitrogen and oxygen atoms in total. The van der Waals surface area contributed by atoms with Gasteiger partial charge in [-0.3, -0.25) is 10.6 Å². The Morgan fingerprint density at radius 3 is 1.11 bits per heavy atom.